The second kappa shape index (κ2) is 4.14. The van der Waals surface area contributed by atoms with E-state index in [0.717, 1.165) is 6.54 Å². The van der Waals surface area contributed by atoms with Gasteiger partial charge in [0.25, 0.3) is 0 Å². The van der Waals surface area contributed by atoms with Crippen molar-refractivity contribution in [2.75, 3.05) is 6.54 Å². The van der Waals surface area contributed by atoms with Gasteiger partial charge in [0.2, 0.25) is 0 Å². The molecule has 0 aliphatic heterocycles. The summed E-state index contributed by atoms with van der Waals surface area (Å²) >= 11 is 0. The third-order valence-electron chi connectivity index (χ3n) is 3.63. The molecule has 1 aromatic carbocycles. The molecule has 1 fully saturated rings. The smallest absolute Gasteiger partial charge is 0.00204 e. The van der Waals surface area contributed by atoms with Crippen LogP contribution in [0.1, 0.15) is 31.2 Å². The molecule has 1 aliphatic rings. The molecule has 1 saturated carbocycles. The zero-order chi connectivity index (χ0) is 9.86. The number of nitrogens with two attached hydrogens (primary N) is 1. The highest BCUT2D eigenvalue weighted by molar-refractivity contribution is 5.15. The Bertz CT molecular complexity index is 269. The first-order valence-electron chi connectivity index (χ1n) is 5.59. The zero-order valence-corrected chi connectivity index (χ0v) is 8.71. The molecule has 76 valence electrons. The largest absolute Gasteiger partial charge is 0.330 e. The van der Waals surface area contributed by atoms with Gasteiger partial charge in [0, 0.05) is 0 Å². The number of hydrogen-bond donors (Lipinski definition) is 1. The Hall–Kier alpha value is -0.820. The summed E-state index contributed by atoms with van der Waals surface area (Å²) in [5.41, 5.74) is 7.78. The van der Waals surface area contributed by atoms with E-state index >= 15 is 0 Å². The van der Waals surface area contributed by atoms with E-state index in [1.54, 1.807) is 0 Å². The number of hydrogen-bond acceptors (Lipinski definition) is 1. The Balaban J connectivity index is 1.88. The average molecular weight is 189 g/mol. The lowest BCUT2D eigenvalue weighted by molar-refractivity contribution is 0.131. The summed E-state index contributed by atoms with van der Waals surface area (Å²) in [4.78, 5) is 0. The minimum Gasteiger partial charge on any atom is -0.330 e. The summed E-state index contributed by atoms with van der Waals surface area (Å²) in [5, 5.41) is 0. The Morgan fingerprint density at radius 2 is 1.86 bits per heavy atom. The molecular formula is C13H19N. The van der Waals surface area contributed by atoms with E-state index in [2.05, 4.69) is 30.3 Å². The molecule has 0 spiro atoms. The summed E-state index contributed by atoms with van der Waals surface area (Å²) in [5.74, 6) is 0. The molecule has 0 bridgehead atoms. The van der Waals surface area contributed by atoms with Crippen LogP contribution < -0.4 is 5.73 Å². The van der Waals surface area contributed by atoms with Gasteiger partial charge in [-0.1, -0.05) is 36.8 Å². The monoisotopic (exact) mass is 189 g/mol. The van der Waals surface area contributed by atoms with Crippen LogP contribution in [0.3, 0.4) is 0 Å². The highest BCUT2D eigenvalue weighted by atomic mass is 14.6. The minimum absolute atomic E-state index is 0.496. The van der Waals surface area contributed by atoms with Crippen molar-refractivity contribution in [3.63, 3.8) is 0 Å². The molecule has 0 atom stereocenters. The van der Waals surface area contributed by atoms with Gasteiger partial charge in [-0.2, -0.15) is 0 Å². The van der Waals surface area contributed by atoms with Crippen LogP contribution in [0.25, 0.3) is 0 Å². The lowest BCUT2D eigenvalue weighted by Gasteiger charge is -2.41. The predicted molar refractivity (Wildman–Crippen MR) is 60.1 cm³/mol. The van der Waals surface area contributed by atoms with Gasteiger partial charge in [0.1, 0.15) is 0 Å². The lowest BCUT2D eigenvalue weighted by atomic mass is 9.66. The van der Waals surface area contributed by atoms with Gasteiger partial charge in [-0.25, -0.2) is 0 Å². The summed E-state index contributed by atoms with van der Waals surface area (Å²) < 4.78 is 0. The van der Waals surface area contributed by atoms with Crippen molar-refractivity contribution in [1.29, 1.82) is 0 Å². The maximum atomic E-state index is 5.83. The van der Waals surface area contributed by atoms with Crippen LogP contribution in [0.15, 0.2) is 30.3 Å². The highest BCUT2D eigenvalue weighted by Gasteiger charge is 2.34. The SMILES string of the molecule is NCC1(CCc2ccccc2)CCC1. The molecule has 1 nitrogen and oxygen atoms in total. The molecular weight excluding hydrogens is 170 g/mol. The van der Waals surface area contributed by atoms with Crippen LogP contribution in [0, 0.1) is 5.41 Å². The van der Waals surface area contributed by atoms with Gasteiger partial charge in [-0.3, -0.25) is 0 Å². The quantitative estimate of drug-likeness (QED) is 0.774. The van der Waals surface area contributed by atoms with Crippen molar-refractivity contribution in [3.8, 4) is 0 Å². The average Bonchev–Trinajstić information content (AvgIpc) is 2.19. The molecule has 0 amide bonds. The van der Waals surface area contributed by atoms with Crippen molar-refractivity contribution >= 4 is 0 Å². The van der Waals surface area contributed by atoms with Crippen LogP contribution in [-0.2, 0) is 6.42 Å². The van der Waals surface area contributed by atoms with Crippen molar-refractivity contribution in [2.24, 2.45) is 11.1 Å². The molecule has 0 unspecified atom stereocenters. The molecule has 0 saturated heterocycles. The van der Waals surface area contributed by atoms with Crippen LogP contribution >= 0.6 is 0 Å². The van der Waals surface area contributed by atoms with Gasteiger partial charge < -0.3 is 5.73 Å². The Morgan fingerprint density at radius 3 is 2.36 bits per heavy atom. The number of aryl methyl sites for hydroxylation is 1. The van der Waals surface area contributed by atoms with Crippen molar-refractivity contribution in [1.82, 2.24) is 0 Å². The van der Waals surface area contributed by atoms with Crippen molar-refractivity contribution < 1.29 is 0 Å². The molecule has 0 aromatic heterocycles. The molecule has 2 N–H and O–H groups in total. The van der Waals surface area contributed by atoms with Gasteiger partial charge in [-0.15, -0.1) is 0 Å². The van der Waals surface area contributed by atoms with Crippen LogP contribution in [0.5, 0.6) is 0 Å². The minimum atomic E-state index is 0.496. The van der Waals surface area contributed by atoms with Crippen molar-refractivity contribution in [2.45, 2.75) is 32.1 Å². The van der Waals surface area contributed by atoms with Crippen molar-refractivity contribution in [3.05, 3.63) is 35.9 Å². The van der Waals surface area contributed by atoms with Gasteiger partial charge in [-0.05, 0) is 43.2 Å². The maximum Gasteiger partial charge on any atom is -0.00204 e. The normalized spacial score (nSPS) is 18.9. The highest BCUT2D eigenvalue weighted by Crippen LogP contribution is 2.43. The topological polar surface area (TPSA) is 26.0 Å². The second-order valence-corrected chi connectivity index (χ2v) is 4.54. The maximum absolute atomic E-state index is 5.83. The summed E-state index contributed by atoms with van der Waals surface area (Å²) in [6.45, 7) is 0.875. The van der Waals surface area contributed by atoms with E-state index in [1.807, 2.05) is 0 Å². The Morgan fingerprint density at radius 1 is 1.14 bits per heavy atom. The molecule has 0 radical (unpaired) electrons. The second-order valence-electron chi connectivity index (χ2n) is 4.54. The first-order valence-corrected chi connectivity index (χ1v) is 5.59. The standard InChI is InChI=1S/C13H19N/c14-11-13(8-4-9-13)10-7-12-5-2-1-3-6-12/h1-3,5-6H,4,7-11,14H2. The number of benzene rings is 1. The first kappa shape index (κ1) is 9.72. The van der Waals surface area contributed by atoms with E-state index in [1.165, 1.54) is 37.7 Å². The predicted octanol–water partition coefficient (Wildman–Crippen LogP) is 2.75. The van der Waals surface area contributed by atoms with Crippen LogP contribution in [0.2, 0.25) is 0 Å². The fourth-order valence-corrected chi connectivity index (χ4v) is 2.29. The summed E-state index contributed by atoms with van der Waals surface area (Å²) in [7, 11) is 0. The van der Waals surface area contributed by atoms with Gasteiger partial charge in [0.15, 0.2) is 0 Å². The van der Waals surface area contributed by atoms with E-state index in [4.69, 9.17) is 5.73 Å². The molecule has 14 heavy (non-hydrogen) atoms. The molecule has 1 heteroatoms. The molecule has 1 aliphatic carbocycles. The van der Waals surface area contributed by atoms with Crippen LogP contribution in [0.4, 0.5) is 0 Å². The zero-order valence-electron chi connectivity index (χ0n) is 8.71. The molecule has 2 rings (SSSR count). The first-order chi connectivity index (χ1) is 6.85. The fraction of sp³-hybridized carbons (Fsp3) is 0.538. The molecule has 0 heterocycles. The number of rotatable bonds is 4. The van der Waals surface area contributed by atoms with E-state index in [-0.39, 0.29) is 0 Å². The fourth-order valence-electron chi connectivity index (χ4n) is 2.29. The van der Waals surface area contributed by atoms with E-state index in [0.29, 0.717) is 5.41 Å². The third-order valence-corrected chi connectivity index (χ3v) is 3.63. The van der Waals surface area contributed by atoms with E-state index in [9.17, 15) is 0 Å². The van der Waals surface area contributed by atoms with Gasteiger partial charge in [0.05, 0.1) is 0 Å². The third kappa shape index (κ3) is 1.98. The summed E-state index contributed by atoms with van der Waals surface area (Å²) in [6, 6.07) is 10.7. The Labute approximate surface area is 86.3 Å². The van der Waals surface area contributed by atoms with Crippen LogP contribution in [-0.4, -0.2) is 6.54 Å². The lowest BCUT2D eigenvalue weighted by Crippen LogP contribution is -2.37. The molecule has 1 aromatic rings. The van der Waals surface area contributed by atoms with E-state index < -0.39 is 0 Å². The Kier molecular flexibility index (Phi) is 2.87. The van der Waals surface area contributed by atoms with Gasteiger partial charge >= 0.3 is 0 Å². The summed E-state index contributed by atoms with van der Waals surface area (Å²) in [6.07, 6.45) is 6.53.